The van der Waals surface area contributed by atoms with Crippen molar-refractivity contribution in [1.29, 1.82) is 0 Å². The van der Waals surface area contributed by atoms with Crippen LogP contribution in [-0.4, -0.2) is 46.9 Å². The average Bonchev–Trinajstić information content (AvgIpc) is 2.03. The van der Waals surface area contributed by atoms with Gasteiger partial charge in [-0.15, -0.1) is 0 Å². The van der Waals surface area contributed by atoms with E-state index in [1.807, 2.05) is 0 Å². The summed E-state index contributed by atoms with van der Waals surface area (Å²) < 4.78 is 0. The van der Waals surface area contributed by atoms with Gasteiger partial charge in [-0.2, -0.15) is 0 Å². The van der Waals surface area contributed by atoms with Gasteiger partial charge in [0.25, 0.3) is 0 Å². The lowest BCUT2D eigenvalue weighted by molar-refractivity contribution is -0.152. The Kier molecular flexibility index (Phi) is 2.06. The molecule has 0 aromatic rings. The molecule has 0 aliphatic carbocycles. The summed E-state index contributed by atoms with van der Waals surface area (Å²) >= 11 is 0. The van der Waals surface area contributed by atoms with Crippen molar-refractivity contribution >= 4 is 5.91 Å². The van der Waals surface area contributed by atoms with Gasteiger partial charge < -0.3 is 4.90 Å². The van der Waals surface area contributed by atoms with Crippen LogP contribution < -0.4 is 0 Å². The number of amides is 1. The first-order chi connectivity index (χ1) is 6.09. The lowest BCUT2D eigenvalue weighted by Gasteiger charge is -2.57. The molecule has 0 N–H and O–H groups in total. The van der Waals surface area contributed by atoms with Crippen LogP contribution in [0.15, 0.2) is 0 Å². The summed E-state index contributed by atoms with van der Waals surface area (Å²) in [6, 6.07) is 1.65. The van der Waals surface area contributed by atoms with Crippen molar-refractivity contribution in [3.63, 3.8) is 0 Å². The van der Waals surface area contributed by atoms with Crippen LogP contribution in [0.2, 0.25) is 0 Å². The Labute approximate surface area is 79.7 Å². The molecule has 3 rings (SSSR count). The lowest BCUT2D eigenvalue weighted by Crippen LogP contribution is -2.70. The fourth-order valence-electron chi connectivity index (χ4n) is 2.58. The minimum Gasteiger partial charge on any atom is -0.334 e. The first-order valence-electron chi connectivity index (χ1n) is 5.12. The highest BCUT2D eigenvalue weighted by molar-refractivity contribution is 5.75. The van der Waals surface area contributed by atoms with Gasteiger partial charge >= 0.3 is 0 Å². The van der Waals surface area contributed by atoms with E-state index in [1.165, 1.54) is 6.42 Å². The molecule has 3 heteroatoms. The van der Waals surface area contributed by atoms with Crippen molar-refractivity contribution in [2.45, 2.75) is 45.3 Å². The van der Waals surface area contributed by atoms with Crippen molar-refractivity contribution in [2.75, 3.05) is 13.1 Å². The molecule has 3 heterocycles. The van der Waals surface area contributed by atoms with Crippen LogP contribution in [0.3, 0.4) is 0 Å². The van der Waals surface area contributed by atoms with Crippen LogP contribution in [-0.2, 0) is 4.79 Å². The maximum atomic E-state index is 11.2. The van der Waals surface area contributed by atoms with Gasteiger partial charge in [0.1, 0.15) is 0 Å². The third-order valence-corrected chi connectivity index (χ3v) is 3.32. The van der Waals surface area contributed by atoms with E-state index in [1.54, 1.807) is 6.92 Å². The highest BCUT2D eigenvalue weighted by atomic mass is 16.2. The summed E-state index contributed by atoms with van der Waals surface area (Å²) in [5.41, 5.74) is 0. The molecule has 13 heavy (non-hydrogen) atoms. The summed E-state index contributed by atoms with van der Waals surface area (Å²) in [6.07, 6.45) is 1.23. The van der Waals surface area contributed by atoms with E-state index >= 15 is 0 Å². The third-order valence-electron chi connectivity index (χ3n) is 3.32. The van der Waals surface area contributed by atoms with Gasteiger partial charge in [-0.1, -0.05) is 0 Å². The Morgan fingerprint density at radius 1 is 1.31 bits per heavy atom. The molecule has 0 spiro atoms. The fraction of sp³-hybridized carbons (Fsp3) is 0.900. The number of carbonyl (C=O) groups is 1. The molecule has 2 atom stereocenters. The smallest absolute Gasteiger partial charge is 0.220 e. The molecular formula is C10H18N2O. The van der Waals surface area contributed by atoms with Gasteiger partial charge in [-0.05, 0) is 20.3 Å². The van der Waals surface area contributed by atoms with Crippen molar-refractivity contribution in [3.05, 3.63) is 0 Å². The second-order valence-electron chi connectivity index (χ2n) is 4.52. The predicted molar refractivity (Wildman–Crippen MR) is 51.4 cm³/mol. The fourth-order valence-corrected chi connectivity index (χ4v) is 2.58. The molecule has 2 unspecified atom stereocenters. The summed E-state index contributed by atoms with van der Waals surface area (Å²) in [6.45, 7) is 8.29. The first-order valence-corrected chi connectivity index (χ1v) is 5.12. The monoisotopic (exact) mass is 182 g/mol. The molecule has 0 aromatic heterocycles. The second kappa shape index (κ2) is 2.98. The number of hydrogen-bond acceptors (Lipinski definition) is 2. The van der Waals surface area contributed by atoms with Crippen molar-refractivity contribution < 1.29 is 4.79 Å². The standard InChI is InChI=1S/C10H18N2O/c1-7(2)11-5-9-4-10(6-11)12(9)8(3)13/h7,9-10H,4-6H2,1-3H3. The lowest BCUT2D eigenvalue weighted by atomic mass is 9.87. The van der Waals surface area contributed by atoms with Gasteiger partial charge in [0.15, 0.2) is 0 Å². The maximum Gasteiger partial charge on any atom is 0.220 e. The van der Waals surface area contributed by atoms with Crippen molar-refractivity contribution in [3.8, 4) is 0 Å². The van der Waals surface area contributed by atoms with Crippen LogP contribution in [0.5, 0.6) is 0 Å². The summed E-state index contributed by atoms with van der Waals surface area (Å²) in [7, 11) is 0. The van der Waals surface area contributed by atoms with Gasteiger partial charge in [-0.25, -0.2) is 0 Å². The van der Waals surface area contributed by atoms with E-state index in [4.69, 9.17) is 0 Å². The molecule has 3 aliphatic rings. The zero-order valence-electron chi connectivity index (χ0n) is 8.66. The molecule has 2 bridgehead atoms. The number of fused-ring (bicyclic) bond motifs is 2. The van der Waals surface area contributed by atoms with Crippen LogP contribution in [0.4, 0.5) is 0 Å². The number of rotatable bonds is 1. The van der Waals surface area contributed by atoms with Gasteiger partial charge in [0.05, 0.1) is 0 Å². The predicted octanol–water partition coefficient (Wildman–Crippen LogP) is 0.700. The molecule has 0 aromatic carbocycles. The molecule has 3 fully saturated rings. The highest BCUT2D eigenvalue weighted by Gasteiger charge is 2.46. The summed E-state index contributed by atoms with van der Waals surface area (Å²) in [5, 5.41) is 0. The average molecular weight is 182 g/mol. The number of nitrogens with zero attached hydrogens (tertiary/aromatic N) is 2. The minimum atomic E-state index is 0.254. The zero-order chi connectivity index (χ0) is 9.59. The van der Waals surface area contributed by atoms with E-state index in [0.29, 0.717) is 18.1 Å². The second-order valence-corrected chi connectivity index (χ2v) is 4.52. The normalized spacial score (nSPS) is 33.4. The number of piperidine rings is 1. The Bertz CT molecular complexity index is 215. The van der Waals surface area contributed by atoms with E-state index in [9.17, 15) is 4.79 Å². The molecule has 74 valence electrons. The third kappa shape index (κ3) is 1.35. The quantitative estimate of drug-likeness (QED) is 0.596. The summed E-state index contributed by atoms with van der Waals surface area (Å²) in [4.78, 5) is 15.7. The van der Waals surface area contributed by atoms with Gasteiger partial charge in [-0.3, -0.25) is 9.69 Å². The van der Waals surface area contributed by atoms with E-state index in [-0.39, 0.29) is 5.91 Å². The van der Waals surface area contributed by atoms with Crippen molar-refractivity contribution in [2.24, 2.45) is 0 Å². The maximum absolute atomic E-state index is 11.2. The molecular weight excluding hydrogens is 164 g/mol. The Hall–Kier alpha value is -0.570. The molecule has 0 saturated carbocycles. The Morgan fingerprint density at radius 2 is 1.85 bits per heavy atom. The number of hydrogen-bond donors (Lipinski definition) is 0. The number of carbonyl (C=O) groups excluding carboxylic acids is 1. The Morgan fingerprint density at radius 3 is 2.23 bits per heavy atom. The van der Waals surface area contributed by atoms with E-state index < -0.39 is 0 Å². The van der Waals surface area contributed by atoms with Crippen molar-refractivity contribution in [1.82, 2.24) is 9.80 Å². The molecule has 1 amide bonds. The topological polar surface area (TPSA) is 23.6 Å². The molecule has 3 aliphatic heterocycles. The number of piperazine rings is 1. The van der Waals surface area contributed by atoms with Crippen LogP contribution >= 0.6 is 0 Å². The van der Waals surface area contributed by atoms with Gasteiger partial charge in [0.2, 0.25) is 5.91 Å². The van der Waals surface area contributed by atoms with Gasteiger partial charge in [0, 0.05) is 38.1 Å². The molecule has 3 saturated heterocycles. The largest absolute Gasteiger partial charge is 0.334 e. The van der Waals surface area contributed by atoms with E-state index in [2.05, 4.69) is 23.6 Å². The summed E-state index contributed by atoms with van der Waals surface area (Å²) in [5.74, 6) is 0.254. The van der Waals surface area contributed by atoms with Crippen LogP contribution in [0.1, 0.15) is 27.2 Å². The Balaban J connectivity index is 1.98. The molecule has 0 radical (unpaired) electrons. The zero-order valence-corrected chi connectivity index (χ0v) is 8.66. The van der Waals surface area contributed by atoms with Crippen LogP contribution in [0, 0.1) is 0 Å². The van der Waals surface area contributed by atoms with Crippen LogP contribution in [0.25, 0.3) is 0 Å². The van der Waals surface area contributed by atoms with E-state index in [0.717, 1.165) is 13.1 Å². The minimum absolute atomic E-state index is 0.254. The highest BCUT2D eigenvalue weighted by Crippen LogP contribution is 2.32. The first kappa shape index (κ1) is 9.00. The SMILES string of the molecule is CC(=O)N1C2CC1CN(C(C)C)C2. The molecule has 3 nitrogen and oxygen atoms in total.